The quantitative estimate of drug-likeness (QED) is 0.638. The molecule has 0 radical (unpaired) electrons. The fourth-order valence-electron chi connectivity index (χ4n) is 4.45. The van der Waals surface area contributed by atoms with E-state index in [2.05, 4.69) is 5.32 Å². The van der Waals surface area contributed by atoms with Crippen LogP contribution in [0.15, 0.2) is 58.1 Å². The van der Waals surface area contributed by atoms with Gasteiger partial charge < -0.3 is 5.32 Å². The minimum atomic E-state index is -0.330. The van der Waals surface area contributed by atoms with Gasteiger partial charge in [-0.25, -0.2) is 4.79 Å². The van der Waals surface area contributed by atoms with Crippen molar-refractivity contribution >= 4 is 16.8 Å². The minimum absolute atomic E-state index is 0.000902. The number of amides is 1. The third kappa shape index (κ3) is 4.63. The third-order valence-corrected chi connectivity index (χ3v) is 6.23. The standard InChI is InChI=1S/C25H29N3O3/c1-18-9-2-3-10-19(18)17-28-22-14-7-6-13-21(22)24(30)27(25(28)31)16-8-15-23(29)26-20-11-4-5-12-20/h2-3,6-7,9-10,13-14,20H,4-5,8,11-12,15-17H2,1H3,(H,26,29). The van der Waals surface area contributed by atoms with Gasteiger partial charge in [0.1, 0.15) is 0 Å². The van der Waals surface area contributed by atoms with Crippen molar-refractivity contribution in [2.45, 2.75) is 64.6 Å². The molecule has 1 N–H and O–H groups in total. The molecule has 3 aromatic rings. The highest BCUT2D eigenvalue weighted by atomic mass is 16.2. The van der Waals surface area contributed by atoms with E-state index in [9.17, 15) is 14.4 Å². The molecule has 0 bridgehead atoms. The van der Waals surface area contributed by atoms with Crippen LogP contribution in [-0.4, -0.2) is 21.1 Å². The fraction of sp³-hybridized carbons (Fsp3) is 0.400. The predicted molar refractivity (Wildman–Crippen MR) is 122 cm³/mol. The van der Waals surface area contributed by atoms with Gasteiger partial charge in [-0.15, -0.1) is 0 Å². The molecule has 2 aromatic carbocycles. The number of carbonyl (C=O) groups excluding carboxylic acids is 1. The average Bonchev–Trinajstić information content (AvgIpc) is 3.27. The summed E-state index contributed by atoms with van der Waals surface area (Å²) in [5.41, 5.74) is 2.15. The molecule has 0 unspecified atom stereocenters. The summed E-state index contributed by atoms with van der Waals surface area (Å²) in [6, 6.07) is 15.4. The van der Waals surface area contributed by atoms with Gasteiger partial charge in [0.2, 0.25) is 5.91 Å². The molecule has 1 aliphatic rings. The number of carbonyl (C=O) groups is 1. The van der Waals surface area contributed by atoms with Crippen LogP contribution in [0, 0.1) is 6.92 Å². The average molecular weight is 420 g/mol. The lowest BCUT2D eigenvalue weighted by Crippen LogP contribution is -2.40. The number of aromatic nitrogens is 2. The van der Waals surface area contributed by atoms with Gasteiger partial charge in [-0.3, -0.25) is 18.7 Å². The Balaban J connectivity index is 1.59. The largest absolute Gasteiger partial charge is 0.353 e. The highest BCUT2D eigenvalue weighted by Gasteiger charge is 2.18. The Hall–Kier alpha value is -3.15. The van der Waals surface area contributed by atoms with E-state index in [1.165, 1.54) is 4.57 Å². The van der Waals surface area contributed by atoms with Crippen LogP contribution in [0.3, 0.4) is 0 Å². The molecule has 0 saturated heterocycles. The number of aryl methyl sites for hydroxylation is 1. The second-order valence-electron chi connectivity index (χ2n) is 8.42. The van der Waals surface area contributed by atoms with Gasteiger partial charge in [0.25, 0.3) is 5.56 Å². The van der Waals surface area contributed by atoms with Gasteiger partial charge in [0.05, 0.1) is 17.4 Å². The van der Waals surface area contributed by atoms with Gasteiger partial charge in [-0.1, -0.05) is 49.2 Å². The molecule has 1 amide bonds. The Labute approximate surface area is 181 Å². The van der Waals surface area contributed by atoms with Crippen molar-refractivity contribution in [1.29, 1.82) is 0 Å². The monoisotopic (exact) mass is 419 g/mol. The maximum Gasteiger partial charge on any atom is 0.331 e. The smallest absolute Gasteiger partial charge is 0.331 e. The fourth-order valence-corrected chi connectivity index (χ4v) is 4.45. The molecule has 1 aromatic heterocycles. The van der Waals surface area contributed by atoms with Crippen LogP contribution in [0.2, 0.25) is 0 Å². The van der Waals surface area contributed by atoms with Gasteiger partial charge in [0, 0.05) is 19.0 Å². The molecule has 31 heavy (non-hydrogen) atoms. The Morgan fingerprint density at radius 1 is 1.00 bits per heavy atom. The van der Waals surface area contributed by atoms with E-state index in [1.807, 2.05) is 49.4 Å². The lowest BCUT2D eigenvalue weighted by molar-refractivity contribution is -0.121. The maximum atomic E-state index is 13.3. The van der Waals surface area contributed by atoms with Gasteiger partial charge >= 0.3 is 5.69 Å². The Bertz CT molecular complexity index is 1200. The molecule has 6 nitrogen and oxygen atoms in total. The van der Waals surface area contributed by atoms with Crippen molar-refractivity contribution in [3.8, 4) is 0 Å². The molecular weight excluding hydrogens is 390 g/mol. The normalized spacial score (nSPS) is 14.2. The first-order chi connectivity index (χ1) is 15.0. The van der Waals surface area contributed by atoms with Crippen LogP contribution < -0.4 is 16.6 Å². The summed E-state index contributed by atoms with van der Waals surface area (Å²) in [5, 5.41) is 3.58. The van der Waals surface area contributed by atoms with Crippen molar-refractivity contribution in [2.75, 3.05) is 0 Å². The number of para-hydroxylation sites is 1. The molecule has 1 aliphatic carbocycles. The first-order valence-corrected chi connectivity index (χ1v) is 11.1. The van der Waals surface area contributed by atoms with E-state index < -0.39 is 0 Å². The Kier molecular flexibility index (Phi) is 6.35. The molecule has 0 spiro atoms. The topological polar surface area (TPSA) is 73.1 Å². The van der Waals surface area contributed by atoms with Crippen LogP contribution in [0.1, 0.15) is 49.7 Å². The van der Waals surface area contributed by atoms with E-state index in [0.29, 0.717) is 30.3 Å². The lowest BCUT2D eigenvalue weighted by atomic mass is 10.1. The first-order valence-electron chi connectivity index (χ1n) is 11.1. The molecular formula is C25H29N3O3. The molecule has 1 saturated carbocycles. The summed E-state index contributed by atoms with van der Waals surface area (Å²) in [7, 11) is 0. The Morgan fingerprint density at radius 2 is 1.71 bits per heavy atom. The number of benzene rings is 2. The van der Waals surface area contributed by atoms with Crippen LogP contribution in [0.5, 0.6) is 0 Å². The maximum absolute atomic E-state index is 13.3. The van der Waals surface area contributed by atoms with Gasteiger partial charge in [-0.2, -0.15) is 0 Å². The zero-order valence-corrected chi connectivity index (χ0v) is 18.0. The van der Waals surface area contributed by atoms with E-state index >= 15 is 0 Å². The number of nitrogens with one attached hydrogen (secondary N) is 1. The van der Waals surface area contributed by atoms with Crippen molar-refractivity contribution in [3.05, 3.63) is 80.5 Å². The van der Waals surface area contributed by atoms with Crippen LogP contribution in [-0.2, 0) is 17.9 Å². The lowest BCUT2D eigenvalue weighted by Gasteiger charge is -2.15. The zero-order chi connectivity index (χ0) is 21.8. The molecule has 162 valence electrons. The van der Waals surface area contributed by atoms with Crippen LogP contribution in [0.25, 0.3) is 10.9 Å². The highest BCUT2D eigenvalue weighted by molar-refractivity contribution is 5.78. The van der Waals surface area contributed by atoms with Gasteiger partial charge in [0.15, 0.2) is 0 Å². The van der Waals surface area contributed by atoms with Crippen molar-refractivity contribution < 1.29 is 4.79 Å². The number of rotatable bonds is 7. The number of hydrogen-bond acceptors (Lipinski definition) is 3. The summed E-state index contributed by atoms with van der Waals surface area (Å²) in [4.78, 5) is 38.6. The SMILES string of the molecule is Cc1ccccc1Cn1c(=O)n(CCCC(=O)NC2CCCC2)c(=O)c2ccccc21. The summed E-state index contributed by atoms with van der Waals surface area (Å²) >= 11 is 0. The summed E-state index contributed by atoms with van der Waals surface area (Å²) < 4.78 is 2.95. The van der Waals surface area contributed by atoms with Gasteiger partial charge in [-0.05, 0) is 49.4 Å². The molecule has 1 fully saturated rings. The van der Waals surface area contributed by atoms with Crippen molar-refractivity contribution in [2.24, 2.45) is 0 Å². The van der Waals surface area contributed by atoms with Crippen molar-refractivity contribution in [1.82, 2.24) is 14.5 Å². The van der Waals surface area contributed by atoms with E-state index in [0.717, 1.165) is 36.8 Å². The molecule has 1 heterocycles. The molecule has 6 heteroatoms. The van der Waals surface area contributed by atoms with E-state index in [1.54, 1.807) is 10.6 Å². The van der Waals surface area contributed by atoms with Crippen LogP contribution >= 0.6 is 0 Å². The predicted octanol–water partition coefficient (Wildman–Crippen LogP) is 3.36. The third-order valence-electron chi connectivity index (χ3n) is 6.23. The molecule has 0 aliphatic heterocycles. The first kappa shape index (κ1) is 21.1. The minimum Gasteiger partial charge on any atom is -0.353 e. The summed E-state index contributed by atoms with van der Waals surface area (Å²) in [6.07, 6.45) is 5.18. The van der Waals surface area contributed by atoms with E-state index in [-0.39, 0.29) is 29.7 Å². The molecule has 0 atom stereocenters. The number of nitrogens with zero attached hydrogens (tertiary/aromatic N) is 2. The van der Waals surface area contributed by atoms with Crippen molar-refractivity contribution in [3.63, 3.8) is 0 Å². The van der Waals surface area contributed by atoms with Crippen LogP contribution in [0.4, 0.5) is 0 Å². The highest BCUT2D eigenvalue weighted by Crippen LogP contribution is 2.18. The number of fused-ring (bicyclic) bond motifs is 1. The second-order valence-corrected chi connectivity index (χ2v) is 8.42. The summed E-state index contributed by atoms with van der Waals surface area (Å²) in [5.74, 6) is 0.000902. The summed E-state index contributed by atoms with van der Waals surface area (Å²) in [6.45, 7) is 2.64. The zero-order valence-electron chi connectivity index (χ0n) is 18.0. The van der Waals surface area contributed by atoms with E-state index in [4.69, 9.17) is 0 Å². The number of hydrogen-bond donors (Lipinski definition) is 1. The Morgan fingerprint density at radius 3 is 2.48 bits per heavy atom. The molecule has 4 rings (SSSR count). The second kappa shape index (κ2) is 9.33.